The van der Waals surface area contributed by atoms with Gasteiger partial charge in [0.25, 0.3) is 0 Å². The Morgan fingerprint density at radius 3 is 2.71 bits per heavy atom. The third kappa shape index (κ3) is 3.15. The molecule has 2 nitrogen and oxygen atoms in total. The first-order valence-electron chi connectivity index (χ1n) is 6.57. The van der Waals surface area contributed by atoms with Crippen LogP contribution in [0.3, 0.4) is 0 Å². The summed E-state index contributed by atoms with van der Waals surface area (Å²) < 4.78 is 0.808. The summed E-state index contributed by atoms with van der Waals surface area (Å²) in [5, 5.41) is 1.12. The molecule has 0 atom stereocenters. The van der Waals surface area contributed by atoms with Gasteiger partial charge in [-0.25, -0.2) is 4.98 Å². The van der Waals surface area contributed by atoms with E-state index < -0.39 is 0 Å². The van der Waals surface area contributed by atoms with Crippen LogP contribution in [0.5, 0.6) is 0 Å². The Balaban J connectivity index is 1.97. The van der Waals surface area contributed by atoms with Crippen molar-refractivity contribution in [2.75, 3.05) is 11.9 Å². The van der Waals surface area contributed by atoms with E-state index in [1.54, 1.807) is 11.3 Å². The number of hydrogen-bond acceptors (Lipinski definition) is 3. The number of thiophene rings is 1. The monoisotopic (exact) mass is 336 g/mol. The highest BCUT2D eigenvalue weighted by Crippen LogP contribution is 2.28. The average molecular weight is 337 g/mol. The first-order chi connectivity index (χ1) is 10.2. The molecule has 3 aromatic rings. The number of nitrogens with zero attached hydrogens (tertiary/aromatic N) is 2. The zero-order chi connectivity index (χ0) is 14.8. The number of halogens is 2. The lowest BCUT2D eigenvalue weighted by Gasteiger charge is -2.20. The van der Waals surface area contributed by atoms with Gasteiger partial charge in [0.15, 0.2) is 0 Å². The lowest BCUT2D eigenvalue weighted by Crippen LogP contribution is -2.18. The standard InChI is InChI=1S/C16H14Cl2N2S/c1-20(10-13-6-7-15(18)21-13)16-12(9-17)8-11-4-2-3-5-14(11)19-16/h2-8H,9-10H2,1H3. The second kappa shape index (κ2) is 6.22. The normalized spacial score (nSPS) is 11.0. The van der Waals surface area contributed by atoms with E-state index in [1.165, 1.54) is 4.88 Å². The highest BCUT2D eigenvalue weighted by molar-refractivity contribution is 7.16. The Labute approximate surface area is 137 Å². The Bertz CT molecular complexity index is 770. The fourth-order valence-electron chi connectivity index (χ4n) is 2.32. The maximum Gasteiger partial charge on any atom is 0.133 e. The minimum atomic E-state index is 0.447. The average Bonchev–Trinajstić information content (AvgIpc) is 2.90. The molecule has 1 aromatic carbocycles. The van der Waals surface area contributed by atoms with Crippen molar-refractivity contribution in [2.24, 2.45) is 0 Å². The lowest BCUT2D eigenvalue weighted by atomic mass is 10.1. The molecule has 0 saturated carbocycles. The van der Waals surface area contributed by atoms with Crippen molar-refractivity contribution in [3.05, 3.63) is 57.2 Å². The van der Waals surface area contributed by atoms with Gasteiger partial charge in [0.05, 0.1) is 22.3 Å². The molecule has 21 heavy (non-hydrogen) atoms. The Kier molecular flexibility index (Phi) is 4.34. The van der Waals surface area contributed by atoms with Crippen molar-refractivity contribution in [3.63, 3.8) is 0 Å². The summed E-state index contributed by atoms with van der Waals surface area (Å²) in [6.45, 7) is 0.770. The van der Waals surface area contributed by atoms with Gasteiger partial charge >= 0.3 is 0 Å². The highest BCUT2D eigenvalue weighted by Gasteiger charge is 2.12. The maximum absolute atomic E-state index is 6.10. The molecule has 0 aliphatic heterocycles. The van der Waals surface area contributed by atoms with E-state index in [4.69, 9.17) is 28.2 Å². The van der Waals surface area contributed by atoms with Crippen molar-refractivity contribution in [1.29, 1.82) is 0 Å². The number of alkyl halides is 1. The van der Waals surface area contributed by atoms with E-state index in [1.807, 2.05) is 37.4 Å². The molecule has 0 saturated heterocycles. The Morgan fingerprint density at radius 1 is 1.19 bits per heavy atom. The van der Waals surface area contributed by atoms with Crippen LogP contribution in [0.2, 0.25) is 4.34 Å². The van der Waals surface area contributed by atoms with Crippen molar-refractivity contribution in [1.82, 2.24) is 4.98 Å². The van der Waals surface area contributed by atoms with E-state index in [-0.39, 0.29) is 0 Å². The first-order valence-corrected chi connectivity index (χ1v) is 8.30. The topological polar surface area (TPSA) is 16.1 Å². The summed E-state index contributed by atoms with van der Waals surface area (Å²) in [5.74, 6) is 1.37. The van der Waals surface area contributed by atoms with Crippen LogP contribution in [-0.2, 0) is 12.4 Å². The second-order valence-electron chi connectivity index (χ2n) is 4.86. The van der Waals surface area contributed by atoms with Gasteiger partial charge in [-0.15, -0.1) is 22.9 Å². The maximum atomic E-state index is 6.10. The molecule has 2 aromatic heterocycles. The largest absolute Gasteiger partial charge is 0.354 e. The summed E-state index contributed by atoms with van der Waals surface area (Å²) >= 11 is 13.7. The molecule has 0 bridgehead atoms. The van der Waals surface area contributed by atoms with Crippen LogP contribution >= 0.6 is 34.5 Å². The van der Waals surface area contributed by atoms with E-state index >= 15 is 0 Å². The van der Waals surface area contributed by atoms with Gasteiger partial charge in [-0.1, -0.05) is 29.8 Å². The van der Waals surface area contributed by atoms with Gasteiger partial charge < -0.3 is 4.90 Å². The predicted octanol–water partition coefficient (Wildman–Crippen LogP) is 5.32. The van der Waals surface area contributed by atoms with Crippen LogP contribution < -0.4 is 4.90 Å². The summed E-state index contributed by atoms with van der Waals surface area (Å²) in [4.78, 5) is 8.09. The third-order valence-electron chi connectivity index (χ3n) is 3.31. The molecule has 2 heterocycles. The molecular formula is C16H14Cl2N2S. The molecule has 3 rings (SSSR count). The molecular weight excluding hydrogens is 323 g/mol. The van der Waals surface area contributed by atoms with Crippen LogP contribution in [0.15, 0.2) is 42.5 Å². The molecule has 5 heteroatoms. The predicted molar refractivity (Wildman–Crippen MR) is 92.7 cm³/mol. The van der Waals surface area contributed by atoms with Crippen molar-refractivity contribution in [2.45, 2.75) is 12.4 Å². The summed E-state index contributed by atoms with van der Waals surface area (Å²) in [5.41, 5.74) is 2.03. The summed E-state index contributed by atoms with van der Waals surface area (Å²) in [7, 11) is 2.03. The first kappa shape index (κ1) is 14.6. The van der Waals surface area contributed by atoms with Crippen LogP contribution in [0, 0.1) is 0 Å². The number of anilines is 1. The van der Waals surface area contributed by atoms with Gasteiger partial charge in [-0.05, 0) is 24.3 Å². The second-order valence-corrected chi connectivity index (χ2v) is 6.93. The van der Waals surface area contributed by atoms with Gasteiger partial charge in [0, 0.05) is 22.9 Å². The number of aromatic nitrogens is 1. The number of fused-ring (bicyclic) bond motifs is 1. The molecule has 0 amide bonds. The Morgan fingerprint density at radius 2 is 2.00 bits per heavy atom. The summed E-state index contributed by atoms with van der Waals surface area (Å²) in [6, 6.07) is 14.2. The van der Waals surface area contributed by atoms with Crippen LogP contribution in [-0.4, -0.2) is 12.0 Å². The number of benzene rings is 1. The smallest absolute Gasteiger partial charge is 0.133 e. The Hall–Kier alpha value is -1.29. The quantitative estimate of drug-likeness (QED) is 0.599. The van der Waals surface area contributed by atoms with Crippen molar-refractivity contribution >= 4 is 51.3 Å². The molecule has 0 spiro atoms. The SMILES string of the molecule is CN(Cc1ccc(Cl)s1)c1nc2ccccc2cc1CCl. The number of pyridine rings is 1. The number of para-hydroxylation sites is 1. The third-order valence-corrected chi connectivity index (χ3v) is 4.81. The highest BCUT2D eigenvalue weighted by atomic mass is 35.5. The molecule has 0 radical (unpaired) electrons. The molecule has 0 aliphatic rings. The van der Waals surface area contributed by atoms with Crippen molar-refractivity contribution in [3.8, 4) is 0 Å². The van der Waals surface area contributed by atoms with Gasteiger partial charge in [0.2, 0.25) is 0 Å². The van der Waals surface area contributed by atoms with Gasteiger partial charge in [0.1, 0.15) is 5.82 Å². The van der Waals surface area contributed by atoms with Crippen molar-refractivity contribution < 1.29 is 0 Å². The zero-order valence-corrected chi connectivity index (χ0v) is 13.8. The number of hydrogen-bond donors (Lipinski definition) is 0. The van der Waals surface area contributed by atoms with E-state index in [0.717, 1.165) is 33.2 Å². The fraction of sp³-hybridized carbons (Fsp3) is 0.188. The minimum Gasteiger partial charge on any atom is -0.354 e. The van der Waals surface area contributed by atoms with Gasteiger partial charge in [-0.2, -0.15) is 0 Å². The van der Waals surface area contributed by atoms with E-state index in [2.05, 4.69) is 17.0 Å². The molecule has 108 valence electrons. The lowest BCUT2D eigenvalue weighted by molar-refractivity contribution is 0.908. The molecule has 0 aliphatic carbocycles. The van der Waals surface area contributed by atoms with E-state index in [0.29, 0.717) is 5.88 Å². The summed E-state index contributed by atoms with van der Waals surface area (Å²) in [6.07, 6.45) is 0. The minimum absolute atomic E-state index is 0.447. The van der Waals surface area contributed by atoms with Crippen LogP contribution in [0.4, 0.5) is 5.82 Å². The van der Waals surface area contributed by atoms with E-state index in [9.17, 15) is 0 Å². The molecule has 0 N–H and O–H groups in total. The molecule has 0 unspecified atom stereocenters. The van der Waals surface area contributed by atoms with Crippen LogP contribution in [0.25, 0.3) is 10.9 Å². The zero-order valence-electron chi connectivity index (χ0n) is 11.5. The fourth-order valence-corrected chi connectivity index (χ4v) is 3.66. The number of rotatable bonds is 4. The molecule has 0 fully saturated rings. The van der Waals surface area contributed by atoms with Gasteiger partial charge in [-0.3, -0.25) is 0 Å². The van der Waals surface area contributed by atoms with Crippen LogP contribution in [0.1, 0.15) is 10.4 Å².